The Morgan fingerprint density at radius 3 is 1.29 bits per heavy atom. The van der Waals surface area contributed by atoms with Gasteiger partial charge in [0.05, 0.1) is 12.5 Å². The van der Waals surface area contributed by atoms with Crippen LogP contribution in [0.25, 0.3) is 0 Å². The maximum absolute atomic E-state index is 12.6. The lowest BCUT2D eigenvalue weighted by atomic mass is 9.91. The van der Waals surface area contributed by atoms with Gasteiger partial charge >= 0.3 is 11.9 Å². The van der Waals surface area contributed by atoms with Crippen LogP contribution >= 0.6 is 0 Å². The molecule has 0 aromatic heterocycles. The minimum absolute atomic E-state index is 0.201. The van der Waals surface area contributed by atoms with E-state index in [2.05, 4.69) is 19.1 Å². The lowest BCUT2D eigenvalue weighted by Gasteiger charge is -2.52. The van der Waals surface area contributed by atoms with Gasteiger partial charge in [-0.25, -0.2) is 9.59 Å². The van der Waals surface area contributed by atoms with Crippen molar-refractivity contribution in [1.82, 2.24) is 0 Å². The van der Waals surface area contributed by atoms with E-state index in [0.29, 0.717) is 25.7 Å². The van der Waals surface area contributed by atoms with Crippen molar-refractivity contribution in [2.75, 3.05) is 6.54 Å². The van der Waals surface area contributed by atoms with E-state index in [1.807, 2.05) is 20.8 Å². The van der Waals surface area contributed by atoms with E-state index >= 15 is 0 Å². The highest BCUT2D eigenvalue weighted by Gasteiger charge is 2.54. The number of aliphatic carboxylic acids is 3. The van der Waals surface area contributed by atoms with E-state index in [4.69, 9.17) is 0 Å². The summed E-state index contributed by atoms with van der Waals surface area (Å²) in [5, 5.41) is 33.0. The van der Waals surface area contributed by atoms with Gasteiger partial charge in [-0.05, 0) is 51.4 Å². The molecule has 0 fully saturated rings. The largest absolute Gasteiger partial charge is 0.544 e. The maximum atomic E-state index is 12.6. The molecular weight excluding hydrogens is 518 g/mol. The topological polar surface area (TPSA) is 115 Å². The number of carboxylic acid groups (broad SMARTS) is 3. The number of carbonyl (C=O) groups is 3. The van der Waals surface area contributed by atoms with Gasteiger partial charge in [-0.3, -0.25) is 4.48 Å². The number of hydrogen-bond acceptors (Lipinski definition) is 4. The first-order valence-corrected chi connectivity index (χ1v) is 16.9. The SMILES string of the molecule is CCCCCCCCCCC/C=C/CCCCCC[N+](C(CCC)C(=O)[O-])(C(CCC)C(=O)O)C(CCC)C(=O)O. The molecule has 0 rings (SSSR count). The van der Waals surface area contributed by atoms with Crippen molar-refractivity contribution in [2.24, 2.45) is 0 Å². The van der Waals surface area contributed by atoms with Gasteiger partial charge in [0.2, 0.25) is 0 Å². The molecule has 2 N–H and O–H groups in total. The van der Waals surface area contributed by atoms with Crippen LogP contribution in [0.4, 0.5) is 0 Å². The van der Waals surface area contributed by atoms with Crippen molar-refractivity contribution in [1.29, 1.82) is 0 Å². The normalized spacial score (nSPS) is 15.4. The Balaban J connectivity index is 5.06. The molecule has 0 aliphatic rings. The molecule has 0 heterocycles. The molecule has 0 aliphatic carbocycles. The number of carboxylic acids is 3. The zero-order valence-corrected chi connectivity index (χ0v) is 26.9. The molecule has 0 saturated heterocycles. The highest BCUT2D eigenvalue weighted by atomic mass is 16.4. The summed E-state index contributed by atoms with van der Waals surface area (Å²) < 4.78 is -0.443. The van der Waals surface area contributed by atoms with Crippen LogP contribution in [0.3, 0.4) is 0 Å². The van der Waals surface area contributed by atoms with Gasteiger partial charge in [0, 0.05) is 19.3 Å². The summed E-state index contributed by atoms with van der Waals surface area (Å²) in [5.41, 5.74) is 0. The third-order valence-corrected chi connectivity index (χ3v) is 8.58. The second-order valence-corrected chi connectivity index (χ2v) is 11.9. The maximum Gasteiger partial charge on any atom is 0.362 e. The van der Waals surface area contributed by atoms with Crippen LogP contribution in [-0.4, -0.2) is 57.3 Å². The molecule has 0 amide bonds. The first-order chi connectivity index (χ1) is 19.7. The average Bonchev–Trinajstić information content (AvgIpc) is 2.93. The first kappa shape index (κ1) is 39.1. The van der Waals surface area contributed by atoms with Crippen molar-refractivity contribution < 1.29 is 34.2 Å². The smallest absolute Gasteiger partial charge is 0.362 e. The molecule has 0 aliphatic heterocycles. The third-order valence-electron chi connectivity index (χ3n) is 8.58. The van der Waals surface area contributed by atoms with Crippen LogP contribution in [0.2, 0.25) is 0 Å². The third kappa shape index (κ3) is 15.2. The van der Waals surface area contributed by atoms with Crippen molar-refractivity contribution >= 4 is 17.9 Å². The van der Waals surface area contributed by atoms with E-state index in [9.17, 15) is 29.7 Å². The summed E-state index contributed by atoms with van der Waals surface area (Å²) in [6, 6.07) is -3.35. The minimum Gasteiger partial charge on any atom is -0.544 e. The predicted octanol–water partition coefficient (Wildman–Crippen LogP) is 7.66. The average molecular weight is 582 g/mol. The van der Waals surface area contributed by atoms with Crippen molar-refractivity contribution in [2.45, 2.75) is 181 Å². The quantitative estimate of drug-likeness (QED) is 0.0532. The van der Waals surface area contributed by atoms with Crippen molar-refractivity contribution in [3.05, 3.63) is 12.2 Å². The molecule has 0 spiro atoms. The van der Waals surface area contributed by atoms with Crippen molar-refractivity contribution in [3.63, 3.8) is 0 Å². The Kier molecular flexibility index (Phi) is 23.5. The molecule has 3 unspecified atom stereocenters. The second kappa shape index (κ2) is 24.7. The number of nitrogens with zero attached hydrogens (tertiary/aromatic N) is 1. The summed E-state index contributed by atoms with van der Waals surface area (Å²) in [6.45, 7) is 8.04. The van der Waals surface area contributed by atoms with Gasteiger partial charge in [0.25, 0.3) is 0 Å². The molecule has 41 heavy (non-hydrogen) atoms. The standard InChI is InChI=1S/C34H63NO6/c1-5-9-10-11-12-13-14-15-16-17-18-19-20-21-22-23-24-28-35(29(25-6-2)32(36)37,30(26-7-3)33(38)39)31(27-8-4)34(40)41/h18-19,29-31H,5-17,20-28H2,1-4H3,(H2-,36,37,38,39,40,41)/b19-18+. The number of unbranched alkanes of at least 4 members (excludes halogenated alkanes) is 13. The highest BCUT2D eigenvalue weighted by Crippen LogP contribution is 2.34. The zero-order chi connectivity index (χ0) is 30.9. The van der Waals surface area contributed by atoms with Crippen LogP contribution < -0.4 is 5.11 Å². The lowest BCUT2D eigenvalue weighted by molar-refractivity contribution is -0.975. The Bertz CT molecular complexity index is 662. The number of hydrogen-bond donors (Lipinski definition) is 2. The summed E-state index contributed by atoms with van der Waals surface area (Å²) in [6.07, 6.45) is 24.3. The summed E-state index contributed by atoms with van der Waals surface area (Å²) in [5.74, 6) is -3.57. The Labute approximate surface area is 251 Å². The first-order valence-electron chi connectivity index (χ1n) is 16.9. The van der Waals surface area contributed by atoms with Crippen LogP contribution in [-0.2, 0) is 14.4 Å². The fourth-order valence-corrected chi connectivity index (χ4v) is 6.44. The van der Waals surface area contributed by atoms with Crippen molar-refractivity contribution in [3.8, 4) is 0 Å². The van der Waals surface area contributed by atoms with Crippen LogP contribution in [0, 0.1) is 0 Å². The molecule has 7 heteroatoms. The molecule has 0 aromatic carbocycles. The molecule has 0 saturated carbocycles. The molecule has 7 nitrogen and oxygen atoms in total. The van der Waals surface area contributed by atoms with Crippen LogP contribution in [0.5, 0.6) is 0 Å². The van der Waals surface area contributed by atoms with Gasteiger partial charge in [-0.15, -0.1) is 0 Å². The van der Waals surface area contributed by atoms with Gasteiger partial charge in [-0.1, -0.05) is 104 Å². The van der Waals surface area contributed by atoms with Gasteiger partial charge in [-0.2, -0.15) is 0 Å². The Hall–Kier alpha value is -1.89. The number of carbonyl (C=O) groups excluding carboxylic acids is 1. The summed E-state index contributed by atoms with van der Waals surface area (Å²) in [4.78, 5) is 37.6. The van der Waals surface area contributed by atoms with Gasteiger partial charge < -0.3 is 20.1 Å². The van der Waals surface area contributed by atoms with Crippen LogP contribution in [0.15, 0.2) is 12.2 Å². The fraction of sp³-hybridized carbons (Fsp3) is 0.853. The van der Waals surface area contributed by atoms with Gasteiger partial charge in [0.15, 0.2) is 12.1 Å². The Morgan fingerprint density at radius 2 is 0.927 bits per heavy atom. The monoisotopic (exact) mass is 581 g/mol. The molecular formula is C34H63NO6. The number of allylic oxidation sites excluding steroid dienone is 2. The van der Waals surface area contributed by atoms with E-state index < -0.39 is 40.5 Å². The lowest BCUT2D eigenvalue weighted by Crippen LogP contribution is -2.74. The summed E-state index contributed by atoms with van der Waals surface area (Å²) >= 11 is 0. The Morgan fingerprint density at radius 1 is 0.561 bits per heavy atom. The summed E-state index contributed by atoms with van der Waals surface area (Å²) in [7, 11) is 0. The molecule has 240 valence electrons. The van der Waals surface area contributed by atoms with E-state index in [1.54, 1.807) is 0 Å². The molecule has 0 bridgehead atoms. The fourth-order valence-electron chi connectivity index (χ4n) is 6.44. The van der Waals surface area contributed by atoms with E-state index in [0.717, 1.165) is 32.1 Å². The molecule has 0 radical (unpaired) electrons. The predicted molar refractivity (Wildman–Crippen MR) is 166 cm³/mol. The number of quaternary nitrogens is 1. The molecule has 3 atom stereocenters. The number of rotatable bonds is 29. The van der Waals surface area contributed by atoms with Crippen LogP contribution in [0.1, 0.15) is 163 Å². The zero-order valence-electron chi connectivity index (χ0n) is 26.9. The highest BCUT2D eigenvalue weighted by molar-refractivity contribution is 5.77. The van der Waals surface area contributed by atoms with E-state index in [-0.39, 0.29) is 25.8 Å². The van der Waals surface area contributed by atoms with E-state index in [1.165, 1.54) is 57.8 Å². The van der Waals surface area contributed by atoms with Gasteiger partial charge in [0.1, 0.15) is 6.04 Å². The minimum atomic E-state index is -1.34. The molecule has 0 aromatic rings. The second-order valence-electron chi connectivity index (χ2n) is 11.9.